The molecule has 0 heterocycles. The molecule has 0 saturated carbocycles. The van der Waals surface area contributed by atoms with E-state index >= 15 is 0 Å². The van der Waals surface area contributed by atoms with Crippen LogP contribution in [-0.4, -0.2) is 6.54 Å². The SMILES string of the molecule is Fc1ccccc1CCNCc1cccc(F)c1F. The summed E-state index contributed by atoms with van der Waals surface area (Å²) in [4.78, 5) is 0. The number of halogens is 3. The van der Waals surface area contributed by atoms with E-state index in [-0.39, 0.29) is 17.9 Å². The van der Waals surface area contributed by atoms with Crippen LogP contribution < -0.4 is 5.32 Å². The number of rotatable bonds is 5. The van der Waals surface area contributed by atoms with Crippen molar-refractivity contribution in [2.45, 2.75) is 13.0 Å². The highest BCUT2D eigenvalue weighted by molar-refractivity contribution is 5.19. The quantitative estimate of drug-likeness (QED) is 0.817. The van der Waals surface area contributed by atoms with Crippen LogP contribution >= 0.6 is 0 Å². The molecule has 1 N–H and O–H groups in total. The van der Waals surface area contributed by atoms with Gasteiger partial charge in [-0.3, -0.25) is 0 Å². The van der Waals surface area contributed by atoms with E-state index in [0.29, 0.717) is 18.5 Å². The lowest BCUT2D eigenvalue weighted by Crippen LogP contribution is -2.18. The molecule has 2 aromatic carbocycles. The molecule has 0 aliphatic heterocycles. The fourth-order valence-electron chi connectivity index (χ4n) is 1.83. The smallest absolute Gasteiger partial charge is 0.163 e. The topological polar surface area (TPSA) is 12.0 Å². The van der Waals surface area contributed by atoms with Crippen molar-refractivity contribution in [1.29, 1.82) is 0 Å². The summed E-state index contributed by atoms with van der Waals surface area (Å²) in [6.07, 6.45) is 0.504. The van der Waals surface area contributed by atoms with Crippen LogP contribution in [-0.2, 0) is 13.0 Å². The maximum Gasteiger partial charge on any atom is 0.163 e. The number of hydrogen-bond acceptors (Lipinski definition) is 1. The maximum absolute atomic E-state index is 13.3. The van der Waals surface area contributed by atoms with Gasteiger partial charge in [0.1, 0.15) is 5.82 Å². The predicted molar refractivity (Wildman–Crippen MR) is 68.2 cm³/mol. The molecule has 2 rings (SSSR count). The second kappa shape index (κ2) is 6.38. The van der Waals surface area contributed by atoms with E-state index in [9.17, 15) is 13.2 Å². The maximum atomic E-state index is 13.3. The van der Waals surface area contributed by atoms with E-state index in [4.69, 9.17) is 0 Å². The molecule has 1 nitrogen and oxygen atoms in total. The third-order valence-electron chi connectivity index (χ3n) is 2.88. The van der Waals surface area contributed by atoms with Gasteiger partial charge in [-0.15, -0.1) is 0 Å². The molecule has 0 atom stereocenters. The first-order valence-corrected chi connectivity index (χ1v) is 6.05. The Hall–Kier alpha value is -1.81. The van der Waals surface area contributed by atoms with Gasteiger partial charge in [-0.1, -0.05) is 30.3 Å². The van der Waals surface area contributed by atoms with Crippen LogP contribution in [0.25, 0.3) is 0 Å². The monoisotopic (exact) mass is 265 g/mol. The summed E-state index contributed by atoms with van der Waals surface area (Å²) in [5, 5.41) is 2.97. The minimum atomic E-state index is -0.853. The Morgan fingerprint density at radius 1 is 0.789 bits per heavy atom. The zero-order chi connectivity index (χ0) is 13.7. The zero-order valence-corrected chi connectivity index (χ0v) is 10.3. The Balaban J connectivity index is 1.84. The van der Waals surface area contributed by atoms with Crippen LogP contribution in [0.5, 0.6) is 0 Å². The van der Waals surface area contributed by atoms with Crippen LogP contribution in [0.3, 0.4) is 0 Å². The van der Waals surface area contributed by atoms with E-state index in [1.54, 1.807) is 18.2 Å². The van der Waals surface area contributed by atoms with Gasteiger partial charge in [0, 0.05) is 12.1 Å². The second-order valence-corrected chi connectivity index (χ2v) is 4.23. The van der Waals surface area contributed by atoms with Crippen LogP contribution in [0.2, 0.25) is 0 Å². The predicted octanol–water partition coefficient (Wildman–Crippen LogP) is 3.44. The van der Waals surface area contributed by atoms with Crippen LogP contribution in [0, 0.1) is 17.5 Å². The van der Waals surface area contributed by atoms with Gasteiger partial charge < -0.3 is 5.32 Å². The molecule has 100 valence electrons. The van der Waals surface area contributed by atoms with Gasteiger partial charge in [0.25, 0.3) is 0 Å². The molecule has 19 heavy (non-hydrogen) atoms. The normalized spacial score (nSPS) is 10.7. The van der Waals surface area contributed by atoms with E-state index in [1.165, 1.54) is 18.2 Å². The first-order valence-electron chi connectivity index (χ1n) is 6.05. The zero-order valence-electron chi connectivity index (χ0n) is 10.3. The van der Waals surface area contributed by atoms with Gasteiger partial charge in [0.2, 0.25) is 0 Å². The lowest BCUT2D eigenvalue weighted by atomic mass is 10.1. The Bertz CT molecular complexity index is 555. The van der Waals surface area contributed by atoms with Crippen LogP contribution in [0.15, 0.2) is 42.5 Å². The highest BCUT2D eigenvalue weighted by Gasteiger charge is 2.06. The Kier molecular flexibility index (Phi) is 4.58. The number of benzene rings is 2. The average molecular weight is 265 g/mol. The molecule has 0 spiro atoms. The molecule has 0 amide bonds. The Labute approximate surface area is 110 Å². The molecule has 0 unspecified atom stereocenters. The molecule has 0 fully saturated rings. The number of hydrogen-bond donors (Lipinski definition) is 1. The van der Waals surface area contributed by atoms with Gasteiger partial charge in [-0.05, 0) is 30.7 Å². The van der Waals surface area contributed by atoms with Crippen molar-refractivity contribution < 1.29 is 13.2 Å². The fourth-order valence-corrected chi connectivity index (χ4v) is 1.83. The Morgan fingerprint density at radius 2 is 1.47 bits per heavy atom. The lowest BCUT2D eigenvalue weighted by Gasteiger charge is -2.07. The molecule has 0 aromatic heterocycles. The van der Waals surface area contributed by atoms with Crippen molar-refractivity contribution >= 4 is 0 Å². The number of nitrogens with one attached hydrogen (secondary N) is 1. The largest absolute Gasteiger partial charge is 0.312 e. The second-order valence-electron chi connectivity index (χ2n) is 4.23. The highest BCUT2D eigenvalue weighted by Crippen LogP contribution is 2.11. The summed E-state index contributed by atoms with van der Waals surface area (Å²) in [5.41, 5.74) is 0.878. The lowest BCUT2D eigenvalue weighted by molar-refractivity contribution is 0.492. The van der Waals surface area contributed by atoms with Crippen molar-refractivity contribution in [3.8, 4) is 0 Å². The highest BCUT2D eigenvalue weighted by atomic mass is 19.2. The first-order chi connectivity index (χ1) is 9.18. The van der Waals surface area contributed by atoms with E-state index in [1.807, 2.05) is 0 Å². The van der Waals surface area contributed by atoms with Crippen LogP contribution in [0.4, 0.5) is 13.2 Å². The van der Waals surface area contributed by atoms with Crippen molar-refractivity contribution in [2.75, 3.05) is 6.54 Å². The van der Waals surface area contributed by atoms with Gasteiger partial charge in [0.15, 0.2) is 11.6 Å². The first kappa shape index (κ1) is 13.6. The van der Waals surface area contributed by atoms with Crippen molar-refractivity contribution in [2.24, 2.45) is 0 Å². The molecule has 0 saturated heterocycles. The van der Waals surface area contributed by atoms with Crippen molar-refractivity contribution in [1.82, 2.24) is 5.32 Å². The minimum absolute atomic E-state index is 0.220. The van der Waals surface area contributed by atoms with E-state index in [2.05, 4.69) is 5.32 Å². The molecule has 4 heteroatoms. The summed E-state index contributed by atoms with van der Waals surface area (Å²) >= 11 is 0. The summed E-state index contributed by atoms with van der Waals surface area (Å²) in [5.74, 6) is -1.93. The average Bonchev–Trinajstić information content (AvgIpc) is 2.41. The van der Waals surface area contributed by atoms with Gasteiger partial charge in [0.05, 0.1) is 0 Å². The molecular weight excluding hydrogens is 251 g/mol. The molecular formula is C15H14F3N. The molecule has 0 aliphatic carbocycles. The fraction of sp³-hybridized carbons (Fsp3) is 0.200. The summed E-state index contributed by atoms with van der Waals surface area (Å²) < 4.78 is 39.6. The molecule has 0 radical (unpaired) electrons. The van der Waals surface area contributed by atoms with E-state index < -0.39 is 11.6 Å². The Morgan fingerprint density at radius 3 is 2.26 bits per heavy atom. The molecule has 0 aliphatic rings. The van der Waals surface area contributed by atoms with E-state index in [0.717, 1.165) is 6.07 Å². The van der Waals surface area contributed by atoms with Crippen molar-refractivity contribution in [3.05, 3.63) is 71.0 Å². The standard InChI is InChI=1S/C15H14F3N/c16-13-6-2-1-4-11(13)8-9-19-10-12-5-3-7-14(17)15(12)18/h1-7,19H,8-10H2. The minimum Gasteiger partial charge on any atom is -0.312 e. The third-order valence-corrected chi connectivity index (χ3v) is 2.88. The summed E-state index contributed by atoms with van der Waals surface area (Å²) in [6.45, 7) is 0.717. The molecule has 0 bridgehead atoms. The summed E-state index contributed by atoms with van der Waals surface area (Å²) in [7, 11) is 0. The van der Waals surface area contributed by atoms with Crippen LogP contribution in [0.1, 0.15) is 11.1 Å². The van der Waals surface area contributed by atoms with Gasteiger partial charge in [-0.25, -0.2) is 13.2 Å². The summed E-state index contributed by atoms with van der Waals surface area (Å²) in [6, 6.07) is 10.6. The van der Waals surface area contributed by atoms with Gasteiger partial charge in [-0.2, -0.15) is 0 Å². The van der Waals surface area contributed by atoms with Gasteiger partial charge >= 0.3 is 0 Å². The molecule has 2 aromatic rings. The van der Waals surface area contributed by atoms with Crippen molar-refractivity contribution in [3.63, 3.8) is 0 Å². The third kappa shape index (κ3) is 3.58.